The highest BCUT2D eigenvalue weighted by Crippen LogP contribution is 2.54. The molecule has 0 bridgehead atoms. The van der Waals surface area contributed by atoms with E-state index in [4.69, 9.17) is 0 Å². The van der Waals surface area contributed by atoms with Gasteiger partial charge in [0, 0.05) is 35.3 Å². The molecule has 0 N–H and O–H groups in total. The number of thioether (sulfide) groups is 1. The number of nitro benzene ring substituents is 1. The Labute approximate surface area is 152 Å². The van der Waals surface area contributed by atoms with Gasteiger partial charge in [-0.2, -0.15) is 0 Å². The summed E-state index contributed by atoms with van der Waals surface area (Å²) in [5.74, 6) is 1.12. The van der Waals surface area contributed by atoms with Gasteiger partial charge >= 0.3 is 0 Å². The van der Waals surface area contributed by atoms with E-state index in [0.717, 1.165) is 30.6 Å². The van der Waals surface area contributed by atoms with E-state index in [1.165, 1.54) is 42.5 Å². The number of nitrogens with zero attached hydrogens (tertiary/aromatic N) is 3. The number of non-ortho nitro benzene ring substituents is 1. The van der Waals surface area contributed by atoms with Gasteiger partial charge in [-0.05, 0) is 70.1 Å². The van der Waals surface area contributed by atoms with Gasteiger partial charge < -0.3 is 9.47 Å². The highest BCUT2D eigenvalue weighted by Gasteiger charge is 2.43. The first kappa shape index (κ1) is 16.9. The van der Waals surface area contributed by atoms with Crippen molar-refractivity contribution in [3.05, 3.63) is 39.6 Å². The molecule has 2 aliphatic heterocycles. The van der Waals surface area contributed by atoms with Crippen molar-refractivity contribution in [2.24, 2.45) is 0 Å². The lowest BCUT2D eigenvalue weighted by Crippen LogP contribution is -2.35. The number of hydrogen-bond donors (Lipinski definition) is 0. The monoisotopic (exact) mass is 359 g/mol. The average Bonchev–Trinajstić information content (AvgIpc) is 2.91. The first-order chi connectivity index (χ1) is 12.0. The number of rotatable bonds is 5. The van der Waals surface area contributed by atoms with Crippen LogP contribution in [0, 0.1) is 10.1 Å². The average molecular weight is 359 g/mol. The molecule has 1 aromatic carbocycles. The second-order valence-corrected chi connectivity index (χ2v) is 9.02. The Morgan fingerprint density at radius 2 is 2.24 bits per heavy atom. The molecule has 1 aromatic heterocycles. The minimum atomic E-state index is -0.273. The molecule has 0 saturated heterocycles. The Hall–Kier alpha value is -1.53. The molecule has 3 heterocycles. The van der Waals surface area contributed by atoms with E-state index >= 15 is 0 Å². The third-order valence-corrected chi connectivity index (χ3v) is 7.24. The van der Waals surface area contributed by atoms with Crippen LogP contribution < -0.4 is 0 Å². The molecule has 0 aliphatic carbocycles. The molecule has 1 unspecified atom stereocenters. The molecule has 1 atom stereocenters. The van der Waals surface area contributed by atoms with Crippen molar-refractivity contribution in [3.63, 3.8) is 0 Å². The van der Waals surface area contributed by atoms with Crippen molar-refractivity contribution in [2.75, 3.05) is 26.4 Å². The number of benzene rings is 1. The first-order valence-corrected chi connectivity index (χ1v) is 10.1. The predicted molar refractivity (Wildman–Crippen MR) is 103 cm³/mol. The molecule has 25 heavy (non-hydrogen) atoms. The van der Waals surface area contributed by atoms with Crippen LogP contribution >= 0.6 is 11.8 Å². The Morgan fingerprint density at radius 3 is 3.00 bits per heavy atom. The second kappa shape index (κ2) is 6.32. The van der Waals surface area contributed by atoms with Crippen LogP contribution in [-0.2, 0) is 17.7 Å². The summed E-state index contributed by atoms with van der Waals surface area (Å²) in [4.78, 5) is 13.2. The van der Waals surface area contributed by atoms with Crippen LogP contribution in [0.25, 0.3) is 10.9 Å². The molecule has 2 aromatic rings. The molecule has 2 aliphatic rings. The largest absolute Gasteiger partial charge is 0.343 e. The zero-order chi connectivity index (χ0) is 17.6. The number of nitro groups is 1. The topological polar surface area (TPSA) is 51.3 Å². The lowest BCUT2D eigenvalue weighted by Gasteiger charge is -2.42. The maximum absolute atomic E-state index is 11.2. The van der Waals surface area contributed by atoms with Crippen LogP contribution in [0.1, 0.15) is 36.9 Å². The van der Waals surface area contributed by atoms with Gasteiger partial charge in [0.1, 0.15) is 0 Å². The minimum absolute atomic E-state index is 0.204. The van der Waals surface area contributed by atoms with Gasteiger partial charge in [-0.3, -0.25) is 10.1 Å². The summed E-state index contributed by atoms with van der Waals surface area (Å²) in [5.41, 5.74) is 4.25. The van der Waals surface area contributed by atoms with Crippen LogP contribution in [0.2, 0.25) is 0 Å². The van der Waals surface area contributed by atoms with E-state index in [1.807, 2.05) is 6.07 Å². The SMILES string of the molecule is CN(C)CCCC12CCCn3c1c(c1cc([N+](=O)[O-])ccc13)CCS2. The number of aromatic nitrogens is 1. The van der Waals surface area contributed by atoms with Crippen LogP contribution in [0.5, 0.6) is 0 Å². The zero-order valence-electron chi connectivity index (χ0n) is 15.0. The van der Waals surface area contributed by atoms with Crippen LogP contribution in [0.15, 0.2) is 18.2 Å². The van der Waals surface area contributed by atoms with Crippen molar-refractivity contribution in [1.29, 1.82) is 0 Å². The number of hydrogen-bond acceptors (Lipinski definition) is 4. The molecular weight excluding hydrogens is 334 g/mol. The smallest absolute Gasteiger partial charge is 0.270 e. The summed E-state index contributed by atoms with van der Waals surface area (Å²) in [5, 5.41) is 12.3. The first-order valence-electron chi connectivity index (χ1n) is 9.10. The van der Waals surface area contributed by atoms with E-state index in [1.54, 1.807) is 12.1 Å². The third kappa shape index (κ3) is 2.75. The Morgan fingerprint density at radius 1 is 1.40 bits per heavy atom. The highest BCUT2D eigenvalue weighted by molar-refractivity contribution is 8.00. The van der Waals surface area contributed by atoms with E-state index in [-0.39, 0.29) is 15.4 Å². The quantitative estimate of drug-likeness (QED) is 0.594. The summed E-state index contributed by atoms with van der Waals surface area (Å²) < 4.78 is 2.68. The van der Waals surface area contributed by atoms with Crippen LogP contribution in [0.3, 0.4) is 0 Å². The molecule has 134 valence electrons. The van der Waals surface area contributed by atoms with Crippen molar-refractivity contribution >= 4 is 28.4 Å². The molecule has 0 fully saturated rings. The Balaban J connectivity index is 1.83. The van der Waals surface area contributed by atoms with E-state index < -0.39 is 0 Å². The maximum atomic E-state index is 11.2. The van der Waals surface area contributed by atoms with Gasteiger partial charge in [-0.15, -0.1) is 11.8 Å². The van der Waals surface area contributed by atoms with Gasteiger partial charge in [-0.25, -0.2) is 0 Å². The van der Waals surface area contributed by atoms with Crippen molar-refractivity contribution in [2.45, 2.75) is 43.4 Å². The summed E-state index contributed by atoms with van der Waals surface area (Å²) in [7, 11) is 4.27. The predicted octanol–water partition coefficient (Wildman–Crippen LogP) is 4.17. The maximum Gasteiger partial charge on any atom is 0.270 e. The molecule has 0 radical (unpaired) electrons. The number of aryl methyl sites for hydroxylation is 2. The van der Waals surface area contributed by atoms with Crippen molar-refractivity contribution in [1.82, 2.24) is 9.47 Å². The van der Waals surface area contributed by atoms with Gasteiger partial charge in [0.15, 0.2) is 0 Å². The molecule has 0 spiro atoms. The fourth-order valence-corrected chi connectivity index (χ4v) is 6.30. The molecule has 5 nitrogen and oxygen atoms in total. The van der Waals surface area contributed by atoms with E-state index in [0.29, 0.717) is 0 Å². The van der Waals surface area contributed by atoms with Crippen molar-refractivity contribution < 1.29 is 4.92 Å². The number of fused-ring (bicyclic) bond motifs is 3. The lowest BCUT2D eigenvalue weighted by atomic mass is 9.86. The molecule has 4 rings (SSSR count). The molecule has 0 amide bonds. The van der Waals surface area contributed by atoms with E-state index in [2.05, 4.69) is 35.3 Å². The van der Waals surface area contributed by atoms with Gasteiger partial charge in [-0.1, -0.05) is 0 Å². The van der Waals surface area contributed by atoms with Gasteiger partial charge in [0.2, 0.25) is 0 Å². The highest BCUT2D eigenvalue weighted by atomic mass is 32.2. The van der Waals surface area contributed by atoms with Crippen LogP contribution in [0.4, 0.5) is 5.69 Å². The summed E-state index contributed by atoms with van der Waals surface area (Å²) in [6, 6.07) is 5.43. The zero-order valence-corrected chi connectivity index (χ0v) is 15.8. The summed E-state index contributed by atoms with van der Waals surface area (Å²) >= 11 is 2.12. The molecule has 6 heteroatoms. The van der Waals surface area contributed by atoms with E-state index in [9.17, 15) is 10.1 Å². The normalized spacial score (nSPS) is 22.4. The lowest BCUT2D eigenvalue weighted by molar-refractivity contribution is -0.384. The molecule has 0 saturated carbocycles. The third-order valence-electron chi connectivity index (χ3n) is 5.67. The molecular formula is C19H25N3O2S. The Bertz CT molecular complexity index is 826. The standard InChI is InChI=1S/C19H25N3O2S/c1-20(2)10-3-8-19-9-4-11-21-17-6-5-14(22(23)24)13-16(17)15(18(19)21)7-12-25-19/h5-6,13H,3-4,7-12H2,1-2H3. The van der Waals surface area contributed by atoms with Gasteiger partial charge in [0.25, 0.3) is 5.69 Å². The van der Waals surface area contributed by atoms with Crippen molar-refractivity contribution in [3.8, 4) is 0 Å². The fraction of sp³-hybridized carbons (Fsp3) is 0.579. The summed E-state index contributed by atoms with van der Waals surface area (Å²) in [6.07, 6.45) is 5.85. The Kier molecular flexibility index (Phi) is 4.28. The minimum Gasteiger partial charge on any atom is -0.343 e. The van der Waals surface area contributed by atoms with Crippen LogP contribution in [-0.4, -0.2) is 40.8 Å². The second-order valence-electron chi connectivity index (χ2n) is 7.54. The van der Waals surface area contributed by atoms with Gasteiger partial charge in [0.05, 0.1) is 9.67 Å². The summed E-state index contributed by atoms with van der Waals surface area (Å²) in [6.45, 7) is 2.16. The fourth-order valence-electron chi connectivity index (χ4n) is 4.66.